The van der Waals surface area contributed by atoms with Gasteiger partial charge in [-0.15, -0.1) is 0 Å². The molecular formula is C6H4Cl3IN2O. The molecule has 0 atom stereocenters. The zero-order valence-corrected chi connectivity index (χ0v) is 10.8. The molecule has 0 unspecified atom stereocenters. The average molecular weight is 353 g/mol. The van der Waals surface area contributed by atoms with Crippen molar-refractivity contribution in [3.63, 3.8) is 0 Å². The average Bonchev–Trinajstić information content (AvgIpc) is 1.97. The molecule has 0 saturated carbocycles. The molecule has 0 amide bonds. The summed E-state index contributed by atoms with van der Waals surface area (Å²) in [6, 6.07) is 0. The van der Waals surface area contributed by atoms with E-state index in [2.05, 4.69) is 9.97 Å². The lowest BCUT2D eigenvalue weighted by molar-refractivity contribution is 0.908. The van der Waals surface area contributed by atoms with Crippen LogP contribution in [0.4, 0.5) is 0 Å². The molecule has 0 aliphatic heterocycles. The Balaban J connectivity index is 3.38. The van der Waals surface area contributed by atoms with Crippen LogP contribution in [0.3, 0.4) is 0 Å². The number of hydrogen-bond acceptors (Lipinski definition) is 2. The molecule has 7 heteroatoms. The first-order valence-corrected chi connectivity index (χ1v) is 5.37. The van der Waals surface area contributed by atoms with E-state index in [0.717, 1.165) is 0 Å². The smallest absolute Gasteiger partial charge is 0.264 e. The van der Waals surface area contributed by atoms with Gasteiger partial charge in [-0.1, -0.05) is 34.8 Å². The van der Waals surface area contributed by atoms with Crippen molar-refractivity contribution in [2.75, 3.05) is 0 Å². The topological polar surface area (TPSA) is 45.8 Å². The van der Waals surface area contributed by atoms with Crippen LogP contribution in [-0.4, -0.2) is 9.97 Å². The van der Waals surface area contributed by atoms with Gasteiger partial charge in [-0.3, -0.25) is 4.79 Å². The Morgan fingerprint density at radius 3 is 2.38 bits per heavy atom. The minimum absolute atomic E-state index is 0.0421. The Labute approximate surface area is 103 Å². The van der Waals surface area contributed by atoms with E-state index in [4.69, 9.17) is 34.8 Å². The van der Waals surface area contributed by atoms with Crippen LogP contribution in [0.1, 0.15) is 11.5 Å². The summed E-state index contributed by atoms with van der Waals surface area (Å²) in [7, 11) is 0. The van der Waals surface area contributed by atoms with E-state index in [-0.39, 0.29) is 11.4 Å². The fourth-order valence-corrected chi connectivity index (χ4v) is 1.23. The number of nitrogens with one attached hydrogen (secondary N) is 1. The fraction of sp³-hybridized carbons (Fsp3) is 0.333. The van der Waals surface area contributed by atoms with Crippen molar-refractivity contribution >= 4 is 57.4 Å². The highest BCUT2D eigenvalue weighted by Gasteiger charge is 2.26. The van der Waals surface area contributed by atoms with E-state index in [0.29, 0.717) is 9.26 Å². The predicted molar refractivity (Wildman–Crippen MR) is 61.5 cm³/mol. The van der Waals surface area contributed by atoms with Crippen LogP contribution in [0, 0.1) is 10.5 Å². The number of alkyl halides is 3. The van der Waals surface area contributed by atoms with E-state index in [9.17, 15) is 4.79 Å². The summed E-state index contributed by atoms with van der Waals surface area (Å²) >= 11 is 18.5. The van der Waals surface area contributed by atoms with E-state index in [1.807, 2.05) is 22.6 Å². The zero-order valence-electron chi connectivity index (χ0n) is 6.37. The van der Waals surface area contributed by atoms with Crippen LogP contribution >= 0.6 is 57.4 Å². The molecule has 0 aliphatic carbocycles. The van der Waals surface area contributed by atoms with Crippen LogP contribution < -0.4 is 5.56 Å². The van der Waals surface area contributed by atoms with Gasteiger partial charge in [-0.25, -0.2) is 4.98 Å². The summed E-state index contributed by atoms with van der Waals surface area (Å²) in [6.07, 6.45) is 0. The Kier molecular flexibility index (Phi) is 3.49. The first kappa shape index (κ1) is 11.6. The lowest BCUT2D eigenvalue weighted by Gasteiger charge is -2.10. The lowest BCUT2D eigenvalue weighted by atomic mass is 10.4. The minimum atomic E-state index is -1.69. The zero-order chi connectivity index (χ0) is 10.2. The third kappa shape index (κ3) is 2.71. The molecular weight excluding hydrogens is 349 g/mol. The molecule has 1 N–H and O–H groups in total. The molecule has 0 bridgehead atoms. The van der Waals surface area contributed by atoms with Crippen LogP contribution in [0.15, 0.2) is 4.79 Å². The molecule has 3 nitrogen and oxygen atoms in total. The van der Waals surface area contributed by atoms with Crippen molar-refractivity contribution in [3.8, 4) is 0 Å². The summed E-state index contributed by atoms with van der Waals surface area (Å²) in [5.74, 6) is 0.0421. The van der Waals surface area contributed by atoms with Crippen molar-refractivity contribution in [2.45, 2.75) is 10.7 Å². The van der Waals surface area contributed by atoms with Crippen LogP contribution in [0.25, 0.3) is 0 Å². The quantitative estimate of drug-likeness (QED) is 0.575. The van der Waals surface area contributed by atoms with Gasteiger partial charge in [-0.2, -0.15) is 0 Å². The maximum absolute atomic E-state index is 11.2. The van der Waals surface area contributed by atoms with Gasteiger partial charge in [0.2, 0.25) is 3.79 Å². The normalized spacial score (nSPS) is 11.8. The fourth-order valence-electron chi connectivity index (χ4n) is 0.706. The van der Waals surface area contributed by atoms with Gasteiger partial charge in [0.1, 0.15) is 0 Å². The standard InChI is InChI=1S/C6H4Cl3IN2O/c1-2-3(10)4(13)12-5(11-2)6(7,8)9/h1H3,(H,11,12,13). The van der Waals surface area contributed by atoms with E-state index in [1.165, 1.54) is 0 Å². The number of nitrogens with zero attached hydrogens (tertiary/aromatic N) is 1. The van der Waals surface area contributed by atoms with Crippen molar-refractivity contribution in [3.05, 3.63) is 25.4 Å². The Morgan fingerprint density at radius 2 is 2.00 bits per heavy atom. The summed E-state index contributed by atoms with van der Waals surface area (Å²) < 4.78 is -1.19. The van der Waals surface area contributed by atoms with Gasteiger partial charge in [0.25, 0.3) is 5.56 Å². The van der Waals surface area contributed by atoms with Gasteiger partial charge in [-0.05, 0) is 29.5 Å². The van der Waals surface area contributed by atoms with Crippen LogP contribution in [-0.2, 0) is 3.79 Å². The van der Waals surface area contributed by atoms with Gasteiger partial charge in [0, 0.05) is 0 Å². The molecule has 1 rings (SSSR count). The third-order valence-electron chi connectivity index (χ3n) is 1.30. The number of aromatic amines is 1. The van der Waals surface area contributed by atoms with Gasteiger partial charge in [0.05, 0.1) is 9.26 Å². The Bertz CT molecular complexity index is 384. The number of hydrogen-bond donors (Lipinski definition) is 1. The number of aromatic nitrogens is 2. The molecule has 72 valence electrons. The number of halogens is 4. The molecule has 0 saturated heterocycles. The molecule has 0 spiro atoms. The second-order valence-corrected chi connectivity index (χ2v) is 5.67. The minimum Gasteiger partial charge on any atom is -0.306 e. The molecule has 0 fully saturated rings. The van der Waals surface area contributed by atoms with Gasteiger partial charge >= 0.3 is 0 Å². The second-order valence-electron chi connectivity index (χ2n) is 2.31. The number of rotatable bonds is 0. The van der Waals surface area contributed by atoms with Crippen molar-refractivity contribution < 1.29 is 0 Å². The van der Waals surface area contributed by atoms with E-state index in [1.54, 1.807) is 6.92 Å². The first-order chi connectivity index (χ1) is 5.82. The highest BCUT2D eigenvalue weighted by molar-refractivity contribution is 14.1. The molecule has 0 aromatic carbocycles. The number of H-pyrrole nitrogens is 1. The van der Waals surface area contributed by atoms with Crippen molar-refractivity contribution in [1.29, 1.82) is 0 Å². The highest BCUT2D eigenvalue weighted by Crippen LogP contribution is 2.35. The predicted octanol–water partition coefficient (Wildman–Crippen LogP) is 2.51. The third-order valence-corrected chi connectivity index (χ3v) is 3.10. The molecule has 1 aromatic rings. The maximum Gasteiger partial charge on any atom is 0.264 e. The maximum atomic E-state index is 11.2. The largest absolute Gasteiger partial charge is 0.306 e. The number of aryl methyl sites for hydroxylation is 1. The molecule has 0 aliphatic rings. The second kappa shape index (κ2) is 3.92. The Morgan fingerprint density at radius 1 is 1.46 bits per heavy atom. The summed E-state index contributed by atoms with van der Waals surface area (Å²) in [5, 5.41) is 0. The molecule has 1 aromatic heterocycles. The molecule has 1 heterocycles. The van der Waals surface area contributed by atoms with Gasteiger partial charge < -0.3 is 4.98 Å². The summed E-state index contributed by atoms with van der Waals surface area (Å²) in [4.78, 5) is 17.6. The van der Waals surface area contributed by atoms with Crippen molar-refractivity contribution in [2.24, 2.45) is 0 Å². The SMILES string of the molecule is Cc1nc(C(Cl)(Cl)Cl)[nH]c(=O)c1I. The highest BCUT2D eigenvalue weighted by atomic mass is 127. The van der Waals surface area contributed by atoms with Crippen molar-refractivity contribution in [1.82, 2.24) is 9.97 Å². The Hall–Kier alpha value is 0.480. The monoisotopic (exact) mass is 352 g/mol. The first-order valence-electron chi connectivity index (χ1n) is 3.16. The van der Waals surface area contributed by atoms with E-state index >= 15 is 0 Å². The summed E-state index contributed by atoms with van der Waals surface area (Å²) in [6.45, 7) is 1.68. The molecule has 0 radical (unpaired) electrons. The van der Waals surface area contributed by atoms with Gasteiger partial charge in [0.15, 0.2) is 5.82 Å². The van der Waals surface area contributed by atoms with Crippen LogP contribution in [0.5, 0.6) is 0 Å². The lowest BCUT2D eigenvalue weighted by Crippen LogP contribution is -2.20. The summed E-state index contributed by atoms with van der Waals surface area (Å²) in [5.41, 5.74) is 0.250. The van der Waals surface area contributed by atoms with E-state index < -0.39 is 3.79 Å². The molecule has 13 heavy (non-hydrogen) atoms. The van der Waals surface area contributed by atoms with Crippen LogP contribution in [0.2, 0.25) is 0 Å².